The van der Waals surface area contributed by atoms with Gasteiger partial charge in [0.05, 0.1) is 30.3 Å². The average Bonchev–Trinajstić information content (AvgIpc) is 3.36. The van der Waals surface area contributed by atoms with Crippen LogP contribution in [0.5, 0.6) is 5.75 Å². The largest absolute Gasteiger partial charge is 0.511 e. The first-order valence-electron chi connectivity index (χ1n) is 9.85. The van der Waals surface area contributed by atoms with Crippen molar-refractivity contribution in [2.24, 2.45) is 17.1 Å². The summed E-state index contributed by atoms with van der Waals surface area (Å²) in [6, 6.07) is 0.877. The number of nitrogens with zero attached hydrogens (tertiary/aromatic N) is 2. The number of aromatic nitrogens is 1. The van der Waals surface area contributed by atoms with E-state index < -0.39 is 29.0 Å². The third-order valence-electron chi connectivity index (χ3n) is 6.53. The smallest absolute Gasteiger partial charge is 0.449 e. The molecule has 2 saturated heterocycles. The first-order chi connectivity index (χ1) is 14.3. The Morgan fingerprint density at radius 3 is 2.80 bits per heavy atom. The van der Waals surface area contributed by atoms with E-state index in [0.29, 0.717) is 32.8 Å². The Balaban J connectivity index is 1.68. The number of pyridine rings is 1. The van der Waals surface area contributed by atoms with Crippen molar-refractivity contribution in [2.75, 3.05) is 37.7 Å². The molecular formula is C20H21F2N3O5. The molecule has 1 aliphatic carbocycles. The van der Waals surface area contributed by atoms with Crippen LogP contribution in [-0.2, 0) is 4.74 Å². The van der Waals surface area contributed by atoms with Gasteiger partial charge < -0.3 is 29.8 Å². The summed E-state index contributed by atoms with van der Waals surface area (Å²) < 4.78 is 42.4. The summed E-state index contributed by atoms with van der Waals surface area (Å²) in [5.41, 5.74) is 4.53. The molecule has 3 heterocycles. The SMILES string of the molecule is NCC12COCC1CN(c1c(F)cc3c(=O)c(OC(=O)O)cn(C4CC4)c3c1F)C2. The van der Waals surface area contributed by atoms with Crippen LogP contribution in [0.3, 0.4) is 0 Å². The lowest BCUT2D eigenvalue weighted by Crippen LogP contribution is -2.38. The number of ether oxygens (including phenoxy) is 2. The summed E-state index contributed by atoms with van der Waals surface area (Å²) in [5, 5.41) is 8.65. The van der Waals surface area contributed by atoms with Gasteiger partial charge in [0.1, 0.15) is 11.5 Å². The molecule has 30 heavy (non-hydrogen) atoms. The van der Waals surface area contributed by atoms with Crippen molar-refractivity contribution in [3.63, 3.8) is 0 Å². The number of fused-ring (bicyclic) bond motifs is 2. The molecule has 2 unspecified atom stereocenters. The topological polar surface area (TPSA) is 107 Å². The van der Waals surface area contributed by atoms with Gasteiger partial charge in [-0.25, -0.2) is 13.6 Å². The van der Waals surface area contributed by atoms with E-state index in [4.69, 9.17) is 15.6 Å². The maximum Gasteiger partial charge on any atom is 0.511 e. The number of rotatable bonds is 4. The number of hydrogen-bond acceptors (Lipinski definition) is 6. The maximum atomic E-state index is 15.7. The molecular weight excluding hydrogens is 400 g/mol. The summed E-state index contributed by atoms with van der Waals surface area (Å²) in [7, 11) is 0. The fourth-order valence-electron chi connectivity index (χ4n) is 4.80. The molecule has 2 aromatic rings. The van der Waals surface area contributed by atoms with E-state index in [9.17, 15) is 9.59 Å². The second-order valence-electron chi connectivity index (χ2n) is 8.41. The van der Waals surface area contributed by atoms with Crippen molar-refractivity contribution in [2.45, 2.75) is 18.9 Å². The quantitative estimate of drug-likeness (QED) is 0.728. The Bertz CT molecular complexity index is 1120. The van der Waals surface area contributed by atoms with Crippen molar-refractivity contribution in [1.82, 2.24) is 4.57 Å². The monoisotopic (exact) mass is 421 g/mol. The summed E-state index contributed by atoms with van der Waals surface area (Å²) >= 11 is 0. The van der Waals surface area contributed by atoms with Gasteiger partial charge >= 0.3 is 6.16 Å². The molecule has 0 amide bonds. The molecule has 5 rings (SSSR count). The van der Waals surface area contributed by atoms with Crippen LogP contribution in [0.25, 0.3) is 10.9 Å². The molecule has 3 fully saturated rings. The molecule has 0 radical (unpaired) electrons. The van der Waals surface area contributed by atoms with Crippen LogP contribution in [0, 0.1) is 23.0 Å². The fourth-order valence-corrected chi connectivity index (χ4v) is 4.80. The Morgan fingerprint density at radius 2 is 2.17 bits per heavy atom. The number of nitrogens with two attached hydrogens (primary N) is 1. The van der Waals surface area contributed by atoms with Crippen molar-refractivity contribution in [1.29, 1.82) is 0 Å². The van der Waals surface area contributed by atoms with Crippen molar-refractivity contribution < 1.29 is 28.2 Å². The highest BCUT2D eigenvalue weighted by molar-refractivity contribution is 5.86. The zero-order valence-corrected chi connectivity index (χ0v) is 16.1. The van der Waals surface area contributed by atoms with E-state index >= 15 is 8.78 Å². The van der Waals surface area contributed by atoms with E-state index in [1.165, 1.54) is 10.8 Å². The second kappa shape index (κ2) is 6.64. The van der Waals surface area contributed by atoms with Crippen LogP contribution in [0.4, 0.5) is 19.3 Å². The molecule has 1 saturated carbocycles. The normalized spacial score (nSPS) is 25.7. The molecule has 3 N–H and O–H groups in total. The van der Waals surface area contributed by atoms with Crippen LogP contribution in [0.15, 0.2) is 17.1 Å². The van der Waals surface area contributed by atoms with Gasteiger partial charge in [0.15, 0.2) is 11.6 Å². The van der Waals surface area contributed by atoms with Crippen LogP contribution < -0.4 is 20.8 Å². The maximum absolute atomic E-state index is 15.7. The summed E-state index contributed by atoms with van der Waals surface area (Å²) in [5.74, 6) is -2.10. The fraction of sp³-hybridized carbons (Fsp3) is 0.500. The minimum Gasteiger partial charge on any atom is -0.449 e. The Kier molecular flexibility index (Phi) is 4.26. The van der Waals surface area contributed by atoms with Crippen LogP contribution in [0.2, 0.25) is 0 Å². The number of carbonyl (C=O) groups is 1. The zero-order valence-electron chi connectivity index (χ0n) is 16.1. The third-order valence-corrected chi connectivity index (χ3v) is 6.53. The highest BCUT2D eigenvalue weighted by Gasteiger charge is 2.50. The standard InChI is InChI=1S/C20H21F2N3O5/c21-13-3-12-16(25(11-1-2-11)5-14(18(12)26)30-19(27)28)15(22)17(13)24-4-10-6-29-9-20(10,7-23)8-24/h3,5,10-11H,1-2,4,6-9,23H2,(H,27,28). The van der Waals surface area contributed by atoms with Crippen LogP contribution >= 0.6 is 0 Å². The Labute approximate surface area is 169 Å². The third kappa shape index (κ3) is 2.78. The first kappa shape index (κ1) is 19.3. The van der Waals surface area contributed by atoms with Crippen molar-refractivity contribution in [3.05, 3.63) is 34.1 Å². The summed E-state index contributed by atoms with van der Waals surface area (Å²) in [6.07, 6.45) is 1.03. The highest BCUT2D eigenvalue weighted by atomic mass is 19.1. The van der Waals surface area contributed by atoms with E-state index in [2.05, 4.69) is 4.74 Å². The molecule has 1 aromatic carbocycles. The molecule has 2 aliphatic heterocycles. The summed E-state index contributed by atoms with van der Waals surface area (Å²) in [4.78, 5) is 25.2. The molecule has 0 bridgehead atoms. The second-order valence-corrected chi connectivity index (χ2v) is 8.41. The number of hydrogen-bond donors (Lipinski definition) is 2. The van der Waals surface area contributed by atoms with Gasteiger partial charge in [-0.2, -0.15) is 0 Å². The van der Waals surface area contributed by atoms with Crippen molar-refractivity contribution in [3.8, 4) is 5.75 Å². The van der Waals surface area contributed by atoms with Gasteiger partial charge in [-0.1, -0.05) is 0 Å². The number of benzene rings is 1. The molecule has 160 valence electrons. The van der Waals surface area contributed by atoms with Crippen LogP contribution in [-0.4, -0.2) is 48.7 Å². The van der Waals surface area contributed by atoms with E-state index in [1.807, 2.05) is 0 Å². The van der Waals surface area contributed by atoms with Gasteiger partial charge in [-0.3, -0.25) is 4.79 Å². The van der Waals surface area contributed by atoms with E-state index in [0.717, 1.165) is 18.9 Å². The number of carboxylic acid groups (broad SMARTS) is 1. The number of anilines is 1. The van der Waals surface area contributed by atoms with E-state index in [-0.39, 0.29) is 34.0 Å². The molecule has 10 heteroatoms. The van der Waals surface area contributed by atoms with Crippen molar-refractivity contribution >= 4 is 22.7 Å². The predicted molar refractivity (Wildman–Crippen MR) is 103 cm³/mol. The van der Waals surface area contributed by atoms with Gasteiger partial charge in [-0.05, 0) is 18.9 Å². The summed E-state index contributed by atoms with van der Waals surface area (Å²) in [6.45, 7) is 2.07. The van der Waals surface area contributed by atoms with Crippen LogP contribution in [0.1, 0.15) is 18.9 Å². The molecule has 3 aliphatic rings. The van der Waals surface area contributed by atoms with Gasteiger partial charge in [-0.15, -0.1) is 0 Å². The van der Waals surface area contributed by atoms with Gasteiger partial charge in [0.25, 0.3) is 0 Å². The Hall–Kier alpha value is -2.72. The lowest BCUT2D eigenvalue weighted by atomic mass is 9.81. The molecule has 1 aromatic heterocycles. The predicted octanol–water partition coefficient (Wildman–Crippen LogP) is 2.08. The van der Waals surface area contributed by atoms with E-state index in [1.54, 1.807) is 4.90 Å². The lowest BCUT2D eigenvalue weighted by molar-refractivity contribution is 0.143. The molecule has 8 nitrogen and oxygen atoms in total. The van der Waals surface area contributed by atoms with Gasteiger partial charge in [0, 0.05) is 37.0 Å². The van der Waals surface area contributed by atoms with Gasteiger partial charge in [0.2, 0.25) is 5.43 Å². The Morgan fingerprint density at radius 1 is 1.40 bits per heavy atom. The highest BCUT2D eigenvalue weighted by Crippen LogP contribution is 2.45. The average molecular weight is 421 g/mol. The zero-order chi connectivity index (χ0) is 21.2. The molecule has 0 spiro atoms. The number of halogens is 2. The first-order valence-corrected chi connectivity index (χ1v) is 9.85. The molecule has 2 atom stereocenters. The minimum absolute atomic E-state index is 0.0354. The minimum atomic E-state index is -1.66. The lowest BCUT2D eigenvalue weighted by Gasteiger charge is -2.26.